The molecule has 2 heterocycles. The molecule has 1 aliphatic rings. The lowest BCUT2D eigenvalue weighted by Gasteiger charge is -2.21. The average molecular weight is 406 g/mol. The number of nitrogens with one attached hydrogen (secondary N) is 2. The Morgan fingerprint density at radius 3 is 2.41 bits per heavy atom. The van der Waals surface area contributed by atoms with Crippen LogP contribution in [0.4, 0.5) is 26.5 Å². The summed E-state index contributed by atoms with van der Waals surface area (Å²) in [5, 5.41) is 5.23. The molecule has 11 nitrogen and oxygen atoms in total. The molecule has 1 aliphatic heterocycles. The molecule has 2 aromatic rings. The molecule has 0 saturated carbocycles. The Kier molecular flexibility index (Phi) is 5.61. The van der Waals surface area contributed by atoms with E-state index in [1.54, 1.807) is 6.92 Å². The molecule has 1 fully saturated rings. The number of rotatable bonds is 6. The Morgan fingerprint density at radius 2 is 1.86 bits per heavy atom. The molecule has 2 atom stereocenters. The zero-order valence-electron chi connectivity index (χ0n) is 16.1. The van der Waals surface area contributed by atoms with Crippen LogP contribution < -0.4 is 25.0 Å². The van der Waals surface area contributed by atoms with Gasteiger partial charge in [-0.25, -0.2) is 9.18 Å². The first-order valence-corrected chi connectivity index (χ1v) is 8.50. The third-order valence-corrected chi connectivity index (χ3v) is 4.05. The van der Waals surface area contributed by atoms with Crippen LogP contribution in [0.15, 0.2) is 18.2 Å². The van der Waals surface area contributed by atoms with Gasteiger partial charge in [0.25, 0.3) is 0 Å². The number of nitrogens with zero attached hydrogens (tertiary/aromatic N) is 4. The van der Waals surface area contributed by atoms with Gasteiger partial charge in [0, 0.05) is 6.92 Å². The van der Waals surface area contributed by atoms with Crippen LogP contribution in [0.3, 0.4) is 0 Å². The number of anilines is 3. The number of ether oxygens (including phenoxy) is 3. The molecule has 0 radical (unpaired) electrons. The first-order valence-electron chi connectivity index (χ1n) is 8.50. The van der Waals surface area contributed by atoms with Gasteiger partial charge in [-0.15, -0.1) is 4.98 Å². The minimum absolute atomic E-state index is 0.00553. The van der Waals surface area contributed by atoms with Crippen LogP contribution in [0, 0.1) is 5.82 Å². The molecular formula is C17H19FN6O5. The molecule has 3 rings (SSSR count). The second kappa shape index (κ2) is 8.12. The number of halogens is 1. The fraction of sp³-hybridized carbons (Fsp3) is 0.353. The predicted octanol–water partition coefficient (Wildman–Crippen LogP) is 1.58. The van der Waals surface area contributed by atoms with Gasteiger partial charge in [0.1, 0.15) is 5.82 Å². The highest BCUT2D eigenvalue weighted by Gasteiger charge is 2.40. The molecule has 12 heteroatoms. The Hall–Kier alpha value is -3.70. The number of hydrogen-bond donors (Lipinski definition) is 2. The van der Waals surface area contributed by atoms with Crippen LogP contribution in [0.2, 0.25) is 0 Å². The lowest BCUT2D eigenvalue weighted by Crippen LogP contribution is -2.43. The van der Waals surface area contributed by atoms with Crippen molar-refractivity contribution in [3.05, 3.63) is 24.0 Å². The molecule has 1 saturated heterocycles. The Labute approximate surface area is 165 Å². The number of amides is 2. The number of aromatic nitrogens is 3. The van der Waals surface area contributed by atoms with E-state index in [1.165, 1.54) is 38.2 Å². The van der Waals surface area contributed by atoms with Crippen LogP contribution in [-0.4, -0.2) is 53.4 Å². The molecule has 0 spiro atoms. The molecule has 0 aliphatic carbocycles. The third kappa shape index (κ3) is 4.25. The molecule has 0 bridgehead atoms. The van der Waals surface area contributed by atoms with Crippen molar-refractivity contribution in [3.8, 4) is 12.0 Å². The largest absolute Gasteiger partial charge is 0.467 e. The summed E-state index contributed by atoms with van der Waals surface area (Å²) in [5.74, 6) is -0.991. The summed E-state index contributed by atoms with van der Waals surface area (Å²) in [6, 6.07) is 3.56. The zero-order chi connectivity index (χ0) is 21.1. The first kappa shape index (κ1) is 20.0. The molecule has 2 N–H and O–H groups in total. The number of carbonyl (C=O) groups excluding carboxylic acids is 2. The molecule has 2 amide bonds. The van der Waals surface area contributed by atoms with Gasteiger partial charge in [-0.2, -0.15) is 9.97 Å². The topological polar surface area (TPSA) is 128 Å². The second-order valence-corrected chi connectivity index (χ2v) is 6.04. The Morgan fingerprint density at radius 1 is 1.21 bits per heavy atom. The monoisotopic (exact) mass is 406 g/mol. The van der Waals surface area contributed by atoms with Gasteiger partial charge in [-0.1, -0.05) is 0 Å². The molecule has 1 aromatic heterocycles. The fourth-order valence-electron chi connectivity index (χ4n) is 2.71. The van der Waals surface area contributed by atoms with Gasteiger partial charge in [0.05, 0.1) is 31.6 Å². The van der Waals surface area contributed by atoms with E-state index in [2.05, 4.69) is 25.6 Å². The van der Waals surface area contributed by atoms with E-state index in [4.69, 9.17) is 14.2 Å². The van der Waals surface area contributed by atoms with Gasteiger partial charge in [0.2, 0.25) is 11.9 Å². The van der Waals surface area contributed by atoms with E-state index in [-0.39, 0.29) is 35.3 Å². The van der Waals surface area contributed by atoms with Crippen LogP contribution in [0.25, 0.3) is 0 Å². The summed E-state index contributed by atoms with van der Waals surface area (Å²) in [6.45, 7) is 2.99. The zero-order valence-corrected chi connectivity index (χ0v) is 16.1. The van der Waals surface area contributed by atoms with Gasteiger partial charge < -0.3 is 24.8 Å². The van der Waals surface area contributed by atoms with Gasteiger partial charge >= 0.3 is 18.1 Å². The summed E-state index contributed by atoms with van der Waals surface area (Å²) in [6.07, 6.45) is -1.52. The molecular weight excluding hydrogens is 387 g/mol. The number of hydrogen-bond acceptors (Lipinski definition) is 9. The van der Waals surface area contributed by atoms with Crippen molar-refractivity contribution in [2.45, 2.75) is 26.1 Å². The summed E-state index contributed by atoms with van der Waals surface area (Å²) in [4.78, 5) is 36.5. The van der Waals surface area contributed by atoms with E-state index >= 15 is 0 Å². The van der Waals surface area contributed by atoms with Crippen molar-refractivity contribution in [1.82, 2.24) is 20.3 Å². The van der Waals surface area contributed by atoms with E-state index in [0.29, 0.717) is 0 Å². The van der Waals surface area contributed by atoms with E-state index in [0.717, 1.165) is 6.07 Å². The second-order valence-electron chi connectivity index (χ2n) is 6.04. The van der Waals surface area contributed by atoms with Crippen LogP contribution in [0.1, 0.15) is 13.8 Å². The van der Waals surface area contributed by atoms with E-state index < -0.39 is 24.2 Å². The summed E-state index contributed by atoms with van der Waals surface area (Å²) in [7, 11) is 2.75. The van der Waals surface area contributed by atoms with Crippen molar-refractivity contribution in [2.24, 2.45) is 0 Å². The maximum Gasteiger partial charge on any atom is 0.416 e. The smallest absolute Gasteiger partial charge is 0.416 e. The lowest BCUT2D eigenvalue weighted by molar-refractivity contribution is -0.121. The maximum atomic E-state index is 14.7. The van der Waals surface area contributed by atoms with Crippen LogP contribution in [-0.2, 0) is 9.53 Å². The molecule has 154 valence electrons. The highest BCUT2D eigenvalue weighted by atomic mass is 19.1. The summed E-state index contributed by atoms with van der Waals surface area (Å²) >= 11 is 0. The van der Waals surface area contributed by atoms with Crippen LogP contribution in [0.5, 0.6) is 12.0 Å². The average Bonchev–Trinajstić information content (AvgIpc) is 2.95. The van der Waals surface area contributed by atoms with Crippen molar-refractivity contribution < 1.29 is 28.2 Å². The summed E-state index contributed by atoms with van der Waals surface area (Å²) in [5.41, 5.74) is 0.326. The van der Waals surface area contributed by atoms with E-state index in [1.807, 2.05) is 0 Å². The standard InChI is InChI=1S/C17H19FN6O5/c1-8-13(19-9(2)25)29-17(26)24(8)10-5-6-12(11(18)7-10)20-14-21-15(27-3)23-16(22-14)28-4/h5-8,13H,1-4H3,(H,19,25)(H,20,21,22,23)/t8?,13-/m0/s1. The van der Waals surface area contributed by atoms with Gasteiger partial charge in [-0.3, -0.25) is 9.69 Å². The Bertz CT molecular complexity index is 920. The van der Waals surface area contributed by atoms with Crippen molar-refractivity contribution in [2.75, 3.05) is 24.4 Å². The minimum Gasteiger partial charge on any atom is -0.467 e. The number of cyclic esters (lactones) is 1. The lowest BCUT2D eigenvalue weighted by atomic mass is 10.2. The normalized spacial score (nSPS) is 18.2. The van der Waals surface area contributed by atoms with Gasteiger partial charge in [0.15, 0.2) is 6.23 Å². The highest BCUT2D eigenvalue weighted by Crippen LogP contribution is 2.30. The third-order valence-electron chi connectivity index (χ3n) is 4.05. The molecule has 1 unspecified atom stereocenters. The van der Waals surface area contributed by atoms with Crippen molar-refractivity contribution in [1.29, 1.82) is 0 Å². The first-order chi connectivity index (χ1) is 13.8. The SMILES string of the molecule is COc1nc(Nc2ccc(N3C(=O)O[C@H](NC(C)=O)C3C)cc2F)nc(OC)n1. The van der Waals surface area contributed by atoms with Crippen molar-refractivity contribution in [3.63, 3.8) is 0 Å². The number of carbonyl (C=O) groups is 2. The predicted molar refractivity (Wildman–Crippen MR) is 98.6 cm³/mol. The minimum atomic E-state index is -0.828. The van der Waals surface area contributed by atoms with Gasteiger partial charge in [-0.05, 0) is 25.1 Å². The number of methoxy groups -OCH3 is 2. The number of benzene rings is 1. The quantitative estimate of drug-likeness (QED) is 0.735. The maximum absolute atomic E-state index is 14.7. The van der Waals surface area contributed by atoms with Crippen molar-refractivity contribution >= 4 is 29.3 Å². The molecule has 29 heavy (non-hydrogen) atoms. The molecule has 1 aromatic carbocycles. The van der Waals surface area contributed by atoms with Crippen LogP contribution >= 0.6 is 0 Å². The summed E-state index contributed by atoms with van der Waals surface area (Å²) < 4.78 is 29.7. The van der Waals surface area contributed by atoms with E-state index in [9.17, 15) is 14.0 Å². The highest BCUT2D eigenvalue weighted by molar-refractivity contribution is 5.91. The Balaban J connectivity index is 1.82. The fourth-order valence-corrected chi connectivity index (χ4v) is 2.71.